The molecular formula is C6H16BNO2. The molecular weight excluding hydrogens is 129 g/mol. The zero-order valence-corrected chi connectivity index (χ0v) is 6.71. The second-order valence-corrected chi connectivity index (χ2v) is 2.40. The van der Waals surface area contributed by atoms with Crippen molar-refractivity contribution >= 4 is 7.85 Å². The van der Waals surface area contributed by atoms with Crippen LogP contribution in [-0.2, 0) is 4.74 Å². The van der Waals surface area contributed by atoms with Crippen molar-refractivity contribution in [2.75, 3.05) is 13.2 Å². The first-order valence-electron chi connectivity index (χ1n) is 3.71. The van der Waals surface area contributed by atoms with Gasteiger partial charge in [-0.15, -0.1) is 0 Å². The summed E-state index contributed by atoms with van der Waals surface area (Å²) in [5, 5.41) is 8.67. The number of hydrogen-bond acceptors (Lipinski definition) is 3. The van der Waals surface area contributed by atoms with Gasteiger partial charge in [0.15, 0.2) is 0 Å². The first-order chi connectivity index (χ1) is 4.74. The summed E-state index contributed by atoms with van der Waals surface area (Å²) in [5.74, 6) is 0. The molecule has 4 heteroatoms. The fourth-order valence-electron chi connectivity index (χ4n) is 0.598. The van der Waals surface area contributed by atoms with Gasteiger partial charge in [-0.2, -0.15) is 0 Å². The van der Waals surface area contributed by atoms with Crippen molar-refractivity contribution in [1.29, 1.82) is 0 Å². The first kappa shape index (κ1) is 9.94. The van der Waals surface area contributed by atoms with Crippen molar-refractivity contribution in [3.63, 3.8) is 0 Å². The number of rotatable bonds is 5. The van der Waals surface area contributed by atoms with Crippen molar-refractivity contribution in [2.24, 2.45) is 5.73 Å². The molecule has 0 unspecified atom stereocenters. The average molecular weight is 145 g/mol. The van der Waals surface area contributed by atoms with Gasteiger partial charge in [-0.3, -0.25) is 0 Å². The minimum atomic E-state index is -0.185. The van der Waals surface area contributed by atoms with Crippen LogP contribution in [0.5, 0.6) is 0 Å². The molecule has 0 aromatic carbocycles. The summed E-state index contributed by atoms with van der Waals surface area (Å²) in [4.78, 5) is 0. The van der Waals surface area contributed by atoms with Crippen LogP contribution in [0.15, 0.2) is 0 Å². The highest BCUT2D eigenvalue weighted by molar-refractivity contribution is 6.10. The van der Waals surface area contributed by atoms with E-state index in [4.69, 9.17) is 15.6 Å². The molecule has 3 nitrogen and oxygen atoms in total. The third kappa shape index (κ3) is 3.87. The van der Waals surface area contributed by atoms with E-state index in [1.165, 1.54) is 0 Å². The Morgan fingerprint density at radius 1 is 1.70 bits per heavy atom. The van der Waals surface area contributed by atoms with Gasteiger partial charge in [-0.25, -0.2) is 0 Å². The predicted octanol–water partition coefficient (Wildman–Crippen LogP) is -1.31. The van der Waals surface area contributed by atoms with Crippen LogP contribution in [0.3, 0.4) is 0 Å². The van der Waals surface area contributed by atoms with Gasteiger partial charge in [-0.1, -0.05) is 6.92 Å². The van der Waals surface area contributed by atoms with E-state index < -0.39 is 0 Å². The number of ether oxygens (including phenoxy) is 1. The Morgan fingerprint density at radius 3 is 2.60 bits per heavy atom. The van der Waals surface area contributed by atoms with E-state index in [9.17, 15) is 0 Å². The Labute approximate surface area is 63.0 Å². The number of hydrogen-bond donors (Lipinski definition) is 2. The van der Waals surface area contributed by atoms with E-state index in [0.29, 0.717) is 6.54 Å². The van der Waals surface area contributed by atoms with Gasteiger partial charge >= 0.3 is 0 Å². The van der Waals surface area contributed by atoms with E-state index in [2.05, 4.69) is 0 Å². The fourth-order valence-corrected chi connectivity index (χ4v) is 0.598. The summed E-state index contributed by atoms with van der Waals surface area (Å²) in [5.41, 5.74) is 5.30. The van der Waals surface area contributed by atoms with Gasteiger partial charge in [0.05, 0.1) is 12.7 Å². The molecule has 2 atom stereocenters. The van der Waals surface area contributed by atoms with E-state index in [-0.39, 0.29) is 18.7 Å². The Bertz CT molecular complexity index is 78.1. The summed E-state index contributed by atoms with van der Waals surface area (Å²) >= 11 is 0. The summed E-state index contributed by atoms with van der Waals surface area (Å²) in [6.07, 6.45) is 0.770. The monoisotopic (exact) mass is 145 g/mol. The Hall–Kier alpha value is -0.0551. The third-order valence-corrected chi connectivity index (χ3v) is 1.47. The number of nitrogens with two attached hydrogens (primary N) is 1. The molecule has 0 heterocycles. The summed E-state index contributed by atoms with van der Waals surface area (Å²) in [6.45, 7) is 2.44. The van der Waals surface area contributed by atoms with Crippen molar-refractivity contribution in [1.82, 2.24) is 0 Å². The van der Waals surface area contributed by atoms with Gasteiger partial charge in [0.2, 0.25) is 0 Å². The second kappa shape index (κ2) is 5.71. The molecule has 0 aliphatic heterocycles. The molecule has 0 aliphatic carbocycles. The Morgan fingerprint density at radius 2 is 2.30 bits per heavy atom. The summed E-state index contributed by atoms with van der Waals surface area (Å²) in [6, 6.07) is 0.195. The molecule has 0 rings (SSSR count). The minimum Gasteiger partial charge on any atom is -0.394 e. The molecule has 0 saturated carbocycles. The molecule has 0 aromatic heterocycles. The molecule has 0 amide bonds. The van der Waals surface area contributed by atoms with Gasteiger partial charge in [0, 0.05) is 12.5 Å². The van der Waals surface area contributed by atoms with Crippen molar-refractivity contribution in [3.8, 4) is 0 Å². The summed E-state index contributed by atoms with van der Waals surface area (Å²) < 4.78 is 5.32. The largest absolute Gasteiger partial charge is 0.394 e. The lowest BCUT2D eigenvalue weighted by molar-refractivity contribution is -0.000138. The van der Waals surface area contributed by atoms with Crippen LogP contribution in [0.25, 0.3) is 0 Å². The zero-order valence-electron chi connectivity index (χ0n) is 6.71. The van der Waals surface area contributed by atoms with Crippen LogP contribution in [0, 0.1) is 0 Å². The first-order valence-corrected chi connectivity index (χ1v) is 3.71. The van der Waals surface area contributed by atoms with Gasteiger partial charge in [0.1, 0.15) is 7.85 Å². The lowest BCUT2D eigenvalue weighted by atomic mass is 9.97. The highest BCUT2D eigenvalue weighted by atomic mass is 16.5. The second-order valence-electron chi connectivity index (χ2n) is 2.40. The maximum absolute atomic E-state index is 8.67. The number of aliphatic hydroxyl groups excluding tert-OH is 1. The topological polar surface area (TPSA) is 55.5 Å². The summed E-state index contributed by atoms with van der Waals surface area (Å²) in [7, 11) is 1.97. The molecule has 0 fully saturated rings. The van der Waals surface area contributed by atoms with Gasteiger partial charge in [-0.05, 0) is 6.42 Å². The smallest absolute Gasteiger partial charge is 0.139 e. The van der Waals surface area contributed by atoms with Gasteiger partial charge in [0.25, 0.3) is 0 Å². The Kier molecular flexibility index (Phi) is 5.68. The average Bonchev–Trinajstić information content (AvgIpc) is 1.99. The van der Waals surface area contributed by atoms with E-state index in [1.807, 2.05) is 14.8 Å². The SMILES string of the molecule is B[C@@H](CC)O[C@H](CN)CO. The van der Waals surface area contributed by atoms with E-state index >= 15 is 0 Å². The molecule has 0 aromatic rings. The Balaban J connectivity index is 3.41. The predicted molar refractivity (Wildman–Crippen MR) is 43.6 cm³/mol. The maximum Gasteiger partial charge on any atom is 0.139 e. The van der Waals surface area contributed by atoms with E-state index in [0.717, 1.165) is 6.42 Å². The fraction of sp³-hybridized carbons (Fsp3) is 1.00. The van der Waals surface area contributed by atoms with Crippen LogP contribution < -0.4 is 5.73 Å². The molecule has 0 spiro atoms. The zero-order chi connectivity index (χ0) is 7.98. The molecule has 0 radical (unpaired) electrons. The normalized spacial score (nSPS) is 16.7. The van der Waals surface area contributed by atoms with Crippen molar-refractivity contribution in [3.05, 3.63) is 0 Å². The van der Waals surface area contributed by atoms with Gasteiger partial charge < -0.3 is 15.6 Å². The highest BCUT2D eigenvalue weighted by Crippen LogP contribution is 1.96. The molecule has 0 saturated heterocycles. The third-order valence-electron chi connectivity index (χ3n) is 1.47. The van der Waals surface area contributed by atoms with Crippen LogP contribution >= 0.6 is 0 Å². The molecule has 0 bridgehead atoms. The standard InChI is InChI=1S/C6H16BNO2/c1-2-6(7)10-5(3-8)4-9/h5-6,9H,2-4,7-8H2,1H3/t5-,6-/m1/s1. The molecule has 0 aliphatic rings. The van der Waals surface area contributed by atoms with Crippen molar-refractivity contribution < 1.29 is 9.84 Å². The van der Waals surface area contributed by atoms with Crippen LogP contribution in [0.4, 0.5) is 0 Å². The number of aliphatic hydroxyl groups is 1. The maximum atomic E-state index is 8.67. The van der Waals surface area contributed by atoms with Crippen LogP contribution in [0.1, 0.15) is 13.3 Å². The molecule has 3 N–H and O–H groups in total. The quantitative estimate of drug-likeness (QED) is 0.472. The highest BCUT2D eigenvalue weighted by Gasteiger charge is 2.07. The molecule has 10 heavy (non-hydrogen) atoms. The van der Waals surface area contributed by atoms with Crippen molar-refractivity contribution in [2.45, 2.75) is 25.5 Å². The van der Waals surface area contributed by atoms with E-state index in [1.54, 1.807) is 0 Å². The van der Waals surface area contributed by atoms with Crippen LogP contribution in [0.2, 0.25) is 0 Å². The minimum absolute atomic E-state index is 0.0147. The van der Waals surface area contributed by atoms with Crippen LogP contribution in [-0.4, -0.2) is 38.2 Å². The molecule has 60 valence electrons. The lowest BCUT2D eigenvalue weighted by Gasteiger charge is -2.17. The lowest BCUT2D eigenvalue weighted by Crippen LogP contribution is -2.31.